The minimum Gasteiger partial charge on any atom is -0.387 e. The van der Waals surface area contributed by atoms with E-state index in [4.69, 9.17) is 5.26 Å². The summed E-state index contributed by atoms with van der Waals surface area (Å²) in [5.74, 6) is -1.19. The van der Waals surface area contributed by atoms with Crippen LogP contribution in [0.1, 0.15) is 49.0 Å². The maximum atomic E-state index is 14.3. The van der Waals surface area contributed by atoms with Crippen LogP contribution in [-0.2, 0) is 4.79 Å². The summed E-state index contributed by atoms with van der Waals surface area (Å²) in [5.41, 5.74) is 1.18. The lowest BCUT2D eigenvalue weighted by Gasteiger charge is -2.37. The second kappa shape index (κ2) is 11.9. The Balaban J connectivity index is 1.52. The predicted octanol–water partition coefficient (Wildman–Crippen LogP) is 3.07. The van der Waals surface area contributed by atoms with E-state index in [1.165, 1.54) is 26.2 Å². The van der Waals surface area contributed by atoms with Crippen molar-refractivity contribution >= 4 is 23.0 Å². The van der Waals surface area contributed by atoms with Gasteiger partial charge in [0.25, 0.3) is 5.91 Å². The van der Waals surface area contributed by atoms with Crippen molar-refractivity contribution in [2.45, 2.75) is 57.3 Å². The number of amides is 2. The molecule has 2 amide bonds. The first-order valence-electron chi connectivity index (χ1n) is 12.8. The summed E-state index contributed by atoms with van der Waals surface area (Å²) in [7, 11) is 0. The first kappa shape index (κ1) is 28.8. The molecule has 212 valence electrons. The molecule has 1 unspecified atom stereocenters. The Labute approximate surface area is 228 Å². The molecule has 1 aliphatic rings. The average Bonchev–Trinajstić information content (AvgIpc) is 3.30. The monoisotopic (exact) mass is 557 g/mol. The smallest absolute Gasteiger partial charge is 0.255 e. The van der Waals surface area contributed by atoms with Gasteiger partial charge in [0.15, 0.2) is 0 Å². The van der Waals surface area contributed by atoms with E-state index in [1.807, 2.05) is 6.07 Å². The predicted molar refractivity (Wildman–Crippen MR) is 140 cm³/mol. The van der Waals surface area contributed by atoms with Crippen LogP contribution in [0.5, 0.6) is 0 Å². The second-order valence-corrected chi connectivity index (χ2v) is 10.4. The molecule has 0 aromatic carbocycles. The third-order valence-corrected chi connectivity index (χ3v) is 6.77. The molecule has 0 bridgehead atoms. The summed E-state index contributed by atoms with van der Waals surface area (Å²) in [4.78, 5) is 28.9. The van der Waals surface area contributed by atoms with Crippen molar-refractivity contribution in [3.05, 3.63) is 47.8 Å². The molecule has 3 aromatic rings. The van der Waals surface area contributed by atoms with Crippen LogP contribution in [0.2, 0.25) is 0 Å². The van der Waals surface area contributed by atoms with Crippen molar-refractivity contribution in [3.8, 4) is 17.5 Å². The van der Waals surface area contributed by atoms with Crippen molar-refractivity contribution in [2.24, 2.45) is 5.92 Å². The zero-order valence-corrected chi connectivity index (χ0v) is 22.0. The number of anilines is 1. The van der Waals surface area contributed by atoms with Gasteiger partial charge >= 0.3 is 0 Å². The summed E-state index contributed by atoms with van der Waals surface area (Å²) < 4.78 is 40.6. The van der Waals surface area contributed by atoms with Gasteiger partial charge in [0, 0.05) is 18.8 Å². The standard InChI is InChI=1S/C27H30F3N7O3/c1-27(2,40)23(28)14-34-26(39)19-13-32-21(22-4-3-18-7-16(10-31)12-35-37(18)22)8-20(19)36-17-5-15(6-17)11-33-25(38)9-24(29)30/h3-4,7-8,12-13,15,17,23-24,40H,5-6,9,11,14H2,1-2H3,(H,32,36)(H,33,38)(H,34,39). The molecule has 1 atom stereocenters. The number of aliphatic hydroxyl groups is 1. The van der Waals surface area contributed by atoms with E-state index >= 15 is 0 Å². The number of nitriles is 1. The highest BCUT2D eigenvalue weighted by molar-refractivity contribution is 6.00. The molecular formula is C27H30F3N7O3. The van der Waals surface area contributed by atoms with Gasteiger partial charge in [-0.05, 0) is 56.9 Å². The minimum absolute atomic E-state index is 0.0653. The topological polar surface area (TPSA) is 144 Å². The van der Waals surface area contributed by atoms with Crippen LogP contribution in [0.25, 0.3) is 16.9 Å². The fourth-order valence-electron chi connectivity index (χ4n) is 4.39. The highest BCUT2D eigenvalue weighted by Crippen LogP contribution is 2.32. The van der Waals surface area contributed by atoms with Crippen molar-refractivity contribution in [1.29, 1.82) is 5.26 Å². The van der Waals surface area contributed by atoms with Crippen LogP contribution >= 0.6 is 0 Å². The lowest BCUT2D eigenvalue weighted by Crippen LogP contribution is -2.43. The summed E-state index contributed by atoms with van der Waals surface area (Å²) in [6.45, 7) is 2.50. The SMILES string of the molecule is CC(C)(O)C(F)CNC(=O)c1cnc(-c2ccc3cc(C#N)cnn23)cc1NC1CC(CNC(=O)CC(F)F)C1. The van der Waals surface area contributed by atoms with E-state index in [2.05, 4.69) is 26.0 Å². The number of aromatic nitrogens is 3. The van der Waals surface area contributed by atoms with Gasteiger partial charge in [0.05, 0.1) is 58.5 Å². The fourth-order valence-corrected chi connectivity index (χ4v) is 4.39. The molecule has 0 saturated heterocycles. The highest BCUT2D eigenvalue weighted by atomic mass is 19.3. The first-order valence-corrected chi connectivity index (χ1v) is 12.8. The number of halogens is 3. The van der Waals surface area contributed by atoms with Crippen molar-refractivity contribution in [3.63, 3.8) is 0 Å². The number of carbonyl (C=O) groups excluding carboxylic acids is 2. The normalized spacial score (nSPS) is 17.6. The molecule has 10 nitrogen and oxygen atoms in total. The molecule has 4 N–H and O–H groups in total. The van der Waals surface area contributed by atoms with Gasteiger partial charge in [-0.1, -0.05) is 0 Å². The van der Waals surface area contributed by atoms with Crippen molar-refractivity contribution in [2.75, 3.05) is 18.4 Å². The fraction of sp³-hybridized carbons (Fsp3) is 0.444. The van der Waals surface area contributed by atoms with Gasteiger partial charge in [-0.15, -0.1) is 0 Å². The molecule has 13 heteroatoms. The van der Waals surface area contributed by atoms with Crippen LogP contribution in [-0.4, -0.2) is 68.8 Å². The number of nitrogens with one attached hydrogen (secondary N) is 3. The second-order valence-electron chi connectivity index (χ2n) is 10.4. The largest absolute Gasteiger partial charge is 0.387 e. The van der Waals surface area contributed by atoms with Gasteiger partial charge in [0.2, 0.25) is 12.3 Å². The Morgan fingerprint density at radius 1 is 1.20 bits per heavy atom. The van der Waals surface area contributed by atoms with E-state index < -0.39 is 43.0 Å². The molecule has 1 aliphatic carbocycles. The first-order chi connectivity index (χ1) is 18.9. The Bertz CT molecular complexity index is 1420. The third kappa shape index (κ3) is 6.87. The number of hydrogen-bond acceptors (Lipinski definition) is 7. The molecule has 1 fully saturated rings. The van der Waals surface area contributed by atoms with Gasteiger partial charge in [-0.3, -0.25) is 14.6 Å². The van der Waals surface area contributed by atoms with Gasteiger partial charge in [-0.2, -0.15) is 10.4 Å². The molecule has 3 heterocycles. The summed E-state index contributed by atoms with van der Waals surface area (Å²) in [6.07, 6.45) is -1.16. The Morgan fingerprint density at radius 3 is 2.62 bits per heavy atom. The average molecular weight is 558 g/mol. The number of fused-ring (bicyclic) bond motifs is 1. The maximum Gasteiger partial charge on any atom is 0.255 e. The number of hydrogen-bond donors (Lipinski definition) is 4. The van der Waals surface area contributed by atoms with E-state index in [0.717, 1.165) is 0 Å². The van der Waals surface area contributed by atoms with Crippen LogP contribution in [0.15, 0.2) is 36.7 Å². The molecule has 40 heavy (non-hydrogen) atoms. The number of nitrogens with zero attached hydrogens (tertiary/aromatic N) is 4. The van der Waals surface area contributed by atoms with E-state index in [1.54, 1.807) is 28.8 Å². The molecule has 0 spiro atoms. The molecule has 3 aromatic heterocycles. The molecule has 0 radical (unpaired) electrons. The third-order valence-electron chi connectivity index (χ3n) is 6.77. The molecule has 0 aliphatic heterocycles. The molecular weight excluding hydrogens is 527 g/mol. The van der Waals surface area contributed by atoms with Gasteiger partial charge in [0.1, 0.15) is 12.2 Å². The van der Waals surface area contributed by atoms with E-state index in [9.17, 15) is 27.9 Å². The van der Waals surface area contributed by atoms with Crippen LogP contribution < -0.4 is 16.0 Å². The minimum atomic E-state index is -2.70. The quantitative estimate of drug-likeness (QED) is 0.284. The number of carbonyl (C=O) groups is 2. The van der Waals surface area contributed by atoms with E-state index in [-0.39, 0.29) is 24.1 Å². The van der Waals surface area contributed by atoms with Gasteiger partial charge in [-0.25, -0.2) is 17.7 Å². The number of alkyl halides is 3. The molecule has 4 rings (SSSR count). The summed E-state index contributed by atoms with van der Waals surface area (Å²) >= 11 is 0. The lowest BCUT2D eigenvalue weighted by atomic mass is 9.80. The number of rotatable bonds is 11. The maximum absolute atomic E-state index is 14.3. The highest BCUT2D eigenvalue weighted by Gasteiger charge is 2.31. The van der Waals surface area contributed by atoms with Crippen LogP contribution in [0.3, 0.4) is 0 Å². The Kier molecular flexibility index (Phi) is 8.58. The van der Waals surface area contributed by atoms with Crippen molar-refractivity contribution < 1.29 is 27.9 Å². The van der Waals surface area contributed by atoms with Crippen molar-refractivity contribution in [1.82, 2.24) is 25.2 Å². The van der Waals surface area contributed by atoms with Crippen LogP contribution in [0, 0.1) is 17.2 Å². The van der Waals surface area contributed by atoms with E-state index in [0.29, 0.717) is 41.0 Å². The zero-order chi connectivity index (χ0) is 29.0. The Morgan fingerprint density at radius 2 is 1.95 bits per heavy atom. The molecule has 1 saturated carbocycles. The van der Waals surface area contributed by atoms with Crippen LogP contribution in [0.4, 0.5) is 18.9 Å². The summed E-state index contributed by atoms with van der Waals surface area (Å²) in [5, 5.41) is 31.6. The summed E-state index contributed by atoms with van der Waals surface area (Å²) in [6, 6.07) is 8.91. The zero-order valence-electron chi connectivity index (χ0n) is 22.0. The number of pyridine rings is 1. The van der Waals surface area contributed by atoms with Gasteiger partial charge < -0.3 is 21.1 Å². The Hall–Kier alpha value is -4.18. The lowest BCUT2D eigenvalue weighted by molar-refractivity contribution is -0.123.